The molecule has 0 saturated carbocycles. The Labute approximate surface area is 117 Å². The summed E-state index contributed by atoms with van der Waals surface area (Å²) in [6.45, 7) is 1.23. The molecular formula is C13H15Cl2NO2. The molecule has 1 aromatic carbocycles. The van der Waals surface area contributed by atoms with Gasteiger partial charge in [0.05, 0.1) is 22.2 Å². The first-order chi connectivity index (χ1) is 8.49. The molecule has 3 nitrogen and oxygen atoms in total. The number of halogens is 2. The van der Waals surface area contributed by atoms with Crippen molar-refractivity contribution in [3.63, 3.8) is 0 Å². The van der Waals surface area contributed by atoms with E-state index in [2.05, 4.69) is 0 Å². The Hall–Kier alpha value is -0.770. The van der Waals surface area contributed by atoms with Crippen LogP contribution in [0.3, 0.4) is 0 Å². The Bertz CT molecular complexity index is 474. The summed E-state index contributed by atoms with van der Waals surface area (Å²) in [6, 6.07) is 3.23. The summed E-state index contributed by atoms with van der Waals surface area (Å²) in [5.41, 5.74) is 0.536. The Morgan fingerprint density at radius 3 is 2.67 bits per heavy atom. The lowest BCUT2D eigenvalue weighted by atomic mass is 9.95. The third-order valence-electron chi connectivity index (χ3n) is 2.97. The molecule has 98 valence electrons. The van der Waals surface area contributed by atoms with Crippen molar-refractivity contribution in [3.8, 4) is 5.75 Å². The molecule has 0 saturated heterocycles. The minimum Gasteiger partial charge on any atom is -0.493 e. The van der Waals surface area contributed by atoms with Crippen molar-refractivity contribution in [1.82, 2.24) is 4.90 Å². The predicted octanol–water partition coefficient (Wildman–Crippen LogP) is 3.14. The molecule has 1 aliphatic rings. The average molecular weight is 288 g/mol. The predicted molar refractivity (Wildman–Crippen MR) is 72.9 cm³/mol. The van der Waals surface area contributed by atoms with Crippen molar-refractivity contribution in [2.45, 2.75) is 6.42 Å². The number of Topliss-reactive ketones (excluding diaryl/α,β-unsaturated/α-hetero) is 1. The maximum atomic E-state index is 12.4. The van der Waals surface area contributed by atoms with Gasteiger partial charge in [0, 0.05) is 18.5 Å². The minimum absolute atomic E-state index is 0.0570. The van der Waals surface area contributed by atoms with Gasteiger partial charge in [0.25, 0.3) is 0 Å². The Morgan fingerprint density at radius 1 is 1.33 bits per heavy atom. The fourth-order valence-electron chi connectivity index (χ4n) is 2.12. The first-order valence-electron chi connectivity index (χ1n) is 5.80. The highest BCUT2D eigenvalue weighted by atomic mass is 35.5. The number of hydrogen-bond donors (Lipinski definition) is 0. The molecule has 0 fully saturated rings. The van der Waals surface area contributed by atoms with Crippen LogP contribution in [0.2, 0.25) is 10.0 Å². The zero-order valence-corrected chi connectivity index (χ0v) is 11.9. The van der Waals surface area contributed by atoms with Crippen LogP contribution in [0.4, 0.5) is 0 Å². The molecular weight excluding hydrogens is 273 g/mol. The number of hydrogen-bond acceptors (Lipinski definition) is 3. The molecule has 1 unspecified atom stereocenters. The Morgan fingerprint density at radius 2 is 2.00 bits per heavy atom. The number of fused-ring (bicyclic) bond motifs is 1. The summed E-state index contributed by atoms with van der Waals surface area (Å²) in [7, 11) is 3.91. The number of rotatable bonds is 2. The molecule has 0 aromatic heterocycles. The van der Waals surface area contributed by atoms with E-state index in [1.54, 1.807) is 12.1 Å². The van der Waals surface area contributed by atoms with Crippen molar-refractivity contribution < 1.29 is 9.53 Å². The topological polar surface area (TPSA) is 29.5 Å². The second-order valence-electron chi connectivity index (χ2n) is 4.72. The maximum absolute atomic E-state index is 12.4. The zero-order valence-electron chi connectivity index (χ0n) is 10.4. The van der Waals surface area contributed by atoms with Gasteiger partial charge in [-0.1, -0.05) is 23.2 Å². The van der Waals surface area contributed by atoms with Gasteiger partial charge in [-0.15, -0.1) is 0 Å². The van der Waals surface area contributed by atoms with Gasteiger partial charge in [-0.3, -0.25) is 4.79 Å². The first-order valence-corrected chi connectivity index (χ1v) is 6.55. The zero-order chi connectivity index (χ0) is 13.3. The number of ketones is 1. The summed E-state index contributed by atoms with van der Waals surface area (Å²) in [5, 5.41) is 0.798. The quantitative estimate of drug-likeness (QED) is 0.837. The molecule has 1 heterocycles. The standard InChI is InChI=1S/C13H15Cl2NO2/c1-16(2)7-8-3-4-18-12-6-11(15)10(14)5-9(12)13(8)17/h5-6,8H,3-4,7H2,1-2H3. The second-order valence-corrected chi connectivity index (χ2v) is 5.54. The summed E-state index contributed by atoms with van der Waals surface area (Å²) in [5.74, 6) is 0.559. The highest BCUT2D eigenvalue weighted by Gasteiger charge is 2.27. The van der Waals surface area contributed by atoms with Gasteiger partial charge in [-0.05, 0) is 26.6 Å². The van der Waals surface area contributed by atoms with E-state index in [-0.39, 0.29) is 11.7 Å². The third-order valence-corrected chi connectivity index (χ3v) is 3.69. The van der Waals surface area contributed by atoms with E-state index in [1.807, 2.05) is 19.0 Å². The molecule has 0 amide bonds. The van der Waals surface area contributed by atoms with Crippen LogP contribution in [0.25, 0.3) is 0 Å². The van der Waals surface area contributed by atoms with E-state index < -0.39 is 0 Å². The van der Waals surface area contributed by atoms with Gasteiger partial charge in [-0.2, -0.15) is 0 Å². The summed E-state index contributed by atoms with van der Waals surface area (Å²) >= 11 is 11.9. The molecule has 0 N–H and O–H groups in total. The van der Waals surface area contributed by atoms with Gasteiger partial charge < -0.3 is 9.64 Å². The third kappa shape index (κ3) is 2.79. The smallest absolute Gasteiger partial charge is 0.171 e. The molecule has 2 rings (SSSR count). The maximum Gasteiger partial charge on any atom is 0.171 e. The van der Waals surface area contributed by atoms with Crippen LogP contribution in [-0.2, 0) is 0 Å². The lowest BCUT2D eigenvalue weighted by Crippen LogP contribution is -2.28. The van der Waals surface area contributed by atoms with E-state index >= 15 is 0 Å². The van der Waals surface area contributed by atoms with E-state index in [9.17, 15) is 4.79 Å². The molecule has 0 aliphatic carbocycles. The molecule has 0 spiro atoms. The summed E-state index contributed by atoms with van der Waals surface area (Å²) in [4.78, 5) is 14.4. The first kappa shape index (κ1) is 13.7. The fraction of sp³-hybridized carbons (Fsp3) is 0.462. The Kier molecular flexibility index (Phi) is 4.15. The number of nitrogens with zero attached hydrogens (tertiary/aromatic N) is 1. The van der Waals surface area contributed by atoms with Gasteiger partial charge in [-0.25, -0.2) is 0 Å². The van der Waals surface area contributed by atoms with E-state index in [0.29, 0.717) is 40.9 Å². The normalized spacial score (nSPS) is 19.4. The van der Waals surface area contributed by atoms with Crippen molar-refractivity contribution in [2.75, 3.05) is 27.2 Å². The fourth-order valence-corrected chi connectivity index (χ4v) is 2.43. The molecule has 1 aromatic rings. The summed E-state index contributed by atoms with van der Waals surface area (Å²) < 4.78 is 5.58. The number of carbonyl (C=O) groups is 1. The lowest BCUT2D eigenvalue weighted by Gasteiger charge is -2.17. The van der Waals surface area contributed by atoms with E-state index in [1.165, 1.54) is 0 Å². The highest BCUT2D eigenvalue weighted by molar-refractivity contribution is 6.42. The number of ether oxygens (including phenoxy) is 1. The van der Waals surface area contributed by atoms with Crippen LogP contribution >= 0.6 is 23.2 Å². The number of benzene rings is 1. The Balaban J connectivity index is 2.36. The van der Waals surface area contributed by atoms with Crippen LogP contribution in [0, 0.1) is 5.92 Å². The molecule has 18 heavy (non-hydrogen) atoms. The summed E-state index contributed by atoms with van der Waals surface area (Å²) in [6.07, 6.45) is 0.709. The lowest BCUT2D eigenvalue weighted by molar-refractivity contribution is 0.0891. The molecule has 5 heteroatoms. The van der Waals surface area contributed by atoms with Gasteiger partial charge >= 0.3 is 0 Å². The molecule has 0 radical (unpaired) electrons. The SMILES string of the molecule is CN(C)CC1CCOc2cc(Cl)c(Cl)cc2C1=O. The van der Waals surface area contributed by atoms with Crippen LogP contribution in [-0.4, -0.2) is 37.9 Å². The molecule has 0 bridgehead atoms. The van der Waals surface area contributed by atoms with Crippen LogP contribution in [0.15, 0.2) is 12.1 Å². The number of carbonyl (C=O) groups excluding carboxylic acids is 1. The molecule has 1 atom stereocenters. The molecule has 1 aliphatic heterocycles. The van der Waals surface area contributed by atoms with Gasteiger partial charge in [0.2, 0.25) is 0 Å². The van der Waals surface area contributed by atoms with Crippen LogP contribution < -0.4 is 4.74 Å². The van der Waals surface area contributed by atoms with E-state index in [4.69, 9.17) is 27.9 Å². The van der Waals surface area contributed by atoms with Crippen molar-refractivity contribution in [1.29, 1.82) is 0 Å². The highest BCUT2D eigenvalue weighted by Crippen LogP contribution is 2.34. The van der Waals surface area contributed by atoms with Gasteiger partial charge in [0.15, 0.2) is 5.78 Å². The van der Waals surface area contributed by atoms with Crippen LogP contribution in [0.5, 0.6) is 5.75 Å². The van der Waals surface area contributed by atoms with E-state index in [0.717, 1.165) is 0 Å². The monoisotopic (exact) mass is 287 g/mol. The van der Waals surface area contributed by atoms with Crippen molar-refractivity contribution >= 4 is 29.0 Å². The van der Waals surface area contributed by atoms with Crippen LogP contribution in [0.1, 0.15) is 16.8 Å². The largest absolute Gasteiger partial charge is 0.493 e. The van der Waals surface area contributed by atoms with Gasteiger partial charge in [0.1, 0.15) is 5.75 Å². The average Bonchev–Trinajstić information content (AvgIpc) is 2.42. The second kappa shape index (κ2) is 5.47. The van der Waals surface area contributed by atoms with Crippen molar-refractivity contribution in [3.05, 3.63) is 27.7 Å². The minimum atomic E-state index is -0.0570. The van der Waals surface area contributed by atoms with Crippen molar-refractivity contribution in [2.24, 2.45) is 5.92 Å².